The summed E-state index contributed by atoms with van der Waals surface area (Å²) < 4.78 is 10.4. The van der Waals surface area contributed by atoms with Crippen molar-refractivity contribution in [3.05, 3.63) is 11.7 Å². The van der Waals surface area contributed by atoms with Crippen LogP contribution in [0.5, 0.6) is 0 Å². The lowest BCUT2D eigenvalue weighted by molar-refractivity contribution is 0.135. The van der Waals surface area contributed by atoms with E-state index >= 15 is 0 Å². The average molecular weight is 271 g/mol. The van der Waals surface area contributed by atoms with Gasteiger partial charge in [-0.2, -0.15) is 16.7 Å². The zero-order valence-corrected chi connectivity index (χ0v) is 11.8. The Kier molecular flexibility index (Phi) is 4.64. The number of hydrogen-bond acceptors (Lipinski definition) is 6. The van der Waals surface area contributed by atoms with Gasteiger partial charge < -0.3 is 15.0 Å². The topological polar surface area (TPSA) is 74.2 Å². The van der Waals surface area contributed by atoms with Crippen LogP contribution in [0.2, 0.25) is 0 Å². The molecule has 0 spiro atoms. The lowest BCUT2D eigenvalue weighted by Gasteiger charge is -2.19. The lowest BCUT2D eigenvalue weighted by atomic mass is 9.99. The lowest BCUT2D eigenvalue weighted by Crippen LogP contribution is -2.39. The van der Waals surface area contributed by atoms with Crippen LogP contribution in [0.25, 0.3) is 0 Å². The van der Waals surface area contributed by atoms with Gasteiger partial charge in [0.1, 0.15) is 5.54 Å². The second-order valence-electron chi connectivity index (χ2n) is 5.12. The highest BCUT2D eigenvalue weighted by Crippen LogP contribution is 2.26. The van der Waals surface area contributed by atoms with E-state index in [0.717, 1.165) is 6.42 Å². The summed E-state index contributed by atoms with van der Waals surface area (Å²) in [6, 6.07) is 0. The van der Waals surface area contributed by atoms with Gasteiger partial charge in [-0.05, 0) is 37.2 Å². The summed E-state index contributed by atoms with van der Waals surface area (Å²) in [6.07, 6.45) is 3.34. The Bertz CT molecular complexity index is 375. The Morgan fingerprint density at radius 3 is 2.89 bits per heavy atom. The molecule has 1 aromatic rings. The predicted octanol–water partition coefficient (Wildman–Crippen LogP) is 1.58. The highest BCUT2D eigenvalue weighted by atomic mass is 32.2. The van der Waals surface area contributed by atoms with E-state index in [9.17, 15) is 0 Å². The van der Waals surface area contributed by atoms with Gasteiger partial charge in [0.15, 0.2) is 5.82 Å². The third-order valence-corrected chi connectivity index (χ3v) is 4.28. The van der Waals surface area contributed by atoms with Crippen LogP contribution in [0.1, 0.15) is 31.5 Å². The maximum atomic E-state index is 6.08. The van der Waals surface area contributed by atoms with E-state index in [1.165, 1.54) is 24.3 Å². The van der Waals surface area contributed by atoms with Gasteiger partial charge >= 0.3 is 0 Å². The van der Waals surface area contributed by atoms with Crippen molar-refractivity contribution in [1.82, 2.24) is 10.1 Å². The minimum Gasteiger partial charge on any atom is -0.382 e. The number of ether oxygens (including phenoxy) is 1. The molecular formula is C12H21N3O2S. The number of nitrogens with two attached hydrogens (primary N) is 1. The molecule has 1 saturated heterocycles. The van der Waals surface area contributed by atoms with Crippen molar-refractivity contribution >= 4 is 11.8 Å². The molecule has 6 heteroatoms. The zero-order valence-electron chi connectivity index (χ0n) is 11.0. The number of aromatic nitrogens is 2. The number of hydrogen-bond donors (Lipinski definition) is 1. The molecule has 5 nitrogen and oxygen atoms in total. The van der Waals surface area contributed by atoms with Gasteiger partial charge in [0.25, 0.3) is 0 Å². The summed E-state index contributed by atoms with van der Waals surface area (Å²) >= 11 is 2.02. The predicted molar refractivity (Wildman–Crippen MR) is 71.5 cm³/mol. The molecule has 1 unspecified atom stereocenters. The molecule has 2 N–H and O–H groups in total. The molecule has 0 radical (unpaired) electrons. The summed E-state index contributed by atoms with van der Waals surface area (Å²) in [5.74, 6) is 4.39. The van der Waals surface area contributed by atoms with Crippen molar-refractivity contribution in [2.24, 2.45) is 11.7 Å². The van der Waals surface area contributed by atoms with E-state index in [4.69, 9.17) is 15.0 Å². The SMILES string of the molecule is COCC(C)(N)c1noc(CC2CCSCC2)n1. The van der Waals surface area contributed by atoms with E-state index in [2.05, 4.69) is 10.1 Å². The fraction of sp³-hybridized carbons (Fsp3) is 0.833. The standard InChI is InChI=1S/C12H21N3O2S/c1-12(13,8-16-2)11-14-10(17-15-11)7-9-3-5-18-6-4-9/h9H,3-8,13H2,1-2H3. The minimum atomic E-state index is -0.682. The maximum absolute atomic E-state index is 6.08. The fourth-order valence-corrected chi connectivity index (χ4v) is 3.34. The Hall–Kier alpha value is -0.590. The van der Waals surface area contributed by atoms with E-state index in [-0.39, 0.29) is 0 Å². The number of nitrogens with zero attached hydrogens (tertiary/aromatic N) is 2. The molecule has 1 aliphatic heterocycles. The largest absolute Gasteiger partial charge is 0.382 e. The molecule has 0 amide bonds. The first-order chi connectivity index (χ1) is 8.62. The molecule has 2 rings (SSSR count). The second-order valence-corrected chi connectivity index (χ2v) is 6.35. The first-order valence-corrected chi connectivity index (χ1v) is 7.46. The van der Waals surface area contributed by atoms with Gasteiger partial charge in [0.05, 0.1) is 6.61 Å². The van der Waals surface area contributed by atoms with Crippen LogP contribution < -0.4 is 5.73 Å². The number of rotatable bonds is 5. The molecule has 0 saturated carbocycles. The van der Waals surface area contributed by atoms with E-state index in [1.54, 1.807) is 7.11 Å². The van der Waals surface area contributed by atoms with Crippen molar-refractivity contribution < 1.29 is 9.26 Å². The Balaban J connectivity index is 1.96. The molecule has 102 valence electrons. The van der Waals surface area contributed by atoms with Gasteiger partial charge in [-0.1, -0.05) is 5.16 Å². The van der Waals surface area contributed by atoms with E-state index in [0.29, 0.717) is 24.2 Å². The summed E-state index contributed by atoms with van der Waals surface area (Å²) in [4.78, 5) is 4.41. The summed E-state index contributed by atoms with van der Waals surface area (Å²) in [6.45, 7) is 2.23. The van der Waals surface area contributed by atoms with Crippen molar-refractivity contribution in [2.75, 3.05) is 25.2 Å². The molecule has 1 atom stereocenters. The summed E-state index contributed by atoms with van der Waals surface area (Å²) in [5.41, 5.74) is 5.40. The summed E-state index contributed by atoms with van der Waals surface area (Å²) in [5, 5.41) is 3.98. The monoisotopic (exact) mass is 271 g/mol. The molecule has 1 aromatic heterocycles. The highest BCUT2D eigenvalue weighted by molar-refractivity contribution is 7.99. The van der Waals surface area contributed by atoms with Gasteiger partial charge in [-0.3, -0.25) is 0 Å². The van der Waals surface area contributed by atoms with Crippen LogP contribution in [0.4, 0.5) is 0 Å². The van der Waals surface area contributed by atoms with Gasteiger partial charge in [-0.25, -0.2) is 0 Å². The van der Waals surface area contributed by atoms with Crippen LogP contribution in [0.15, 0.2) is 4.52 Å². The maximum Gasteiger partial charge on any atom is 0.226 e. The molecule has 18 heavy (non-hydrogen) atoms. The quantitative estimate of drug-likeness (QED) is 0.876. The second kappa shape index (κ2) is 6.04. The third kappa shape index (κ3) is 3.46. The van der Waals surface area contributed by atoms with Gasteiger partial charge in [0.2, 0.25) is 5.89 Å². The molecule has 0 aliphatic carbocycles. The van der Waals surface area contributed by atoms with Crippen LogP contribution in [0, 0.1) is 5.92 Å². The molecule has 2 heterocycles. The summed E-state index contributed by atoms with van der Waals surface area (Å²) in [7, 11) is 1.62. The highest BCUT2D eigenvalue weighted by Gasteiger charge is 2.28. The Morgan fingerprint density at radius 1 is 1.50 bits per heavy atom. The molecule has 1 fully saturated rings. The Morgan fingerprint density at radius 2 is 2.22 bits per heavy atom. The first-order valence-electron chi connectivity index (χ1n) is 6.30. The number of thioether (sulfide) groups is 1. The van der Waals surface area contributed by atoms with Crippen molar-refractivity contribution in [3.63, 3.8) is 0 Å². The smallest absolute Gasteiger partial charge is 0.226 e. The van der Waals surface area contributed by atoms with Crippen LogP contribution in [-0.4, -0.2) is 35.4 Å². The zero-order chi connectivity index (χ0) is 13.0. The Labute approximate surface area is 112 Å². The van der Waals surface area contributed by atoms with Crippen molar-refractivity contribution in [2.45, 2.75) is 31.7 Å². The molecule has 0 bridgehead atoms. The molecule has 0 aromatic carbocycles. The van der Waals surface area contributed by atoms with Crippen LogP contribution in [0.3, 0.4) is 0 Å². The van der Waals surface area contributed by atoms with Crippen LogP contribution in [-0.2, 0) is 16.7 Å². The molecule has 1 aliphatic rings. The third-order valence-electron chi connectivity index (χ3n) is 3.23. The first kappa shape index (κ1) is 13.8. The fourth-order valence-electron chi connectivity index (χ4n) is 2.13. The van der Waals surface area contributed by atoms with Crippen LogP contribution >= 0.6 is 11.8 Å². The van der Waals surface area contributed by atoms with Gasteiger partial charge in [0, 0.05) is 13.5 Å². The normalized spacial score (nSPS) is 20.8. The minimum absolute atomic E-state index is 0.381. The average Bonchev–Trinajstić information content (AvgIpc) is 2.79. The number of methoxy groups -OCH3 is 1. The van der Waals surface area contributed by atoms with E-state index < -0.39 is 5.54 Å². The van der Waals surface area contributed by atoms with Crippen molar-refractivity contribution in [1.29, 1.82) is 0 Å². The molecular weight excluding hydrogens is 250 g/mol. The van der Waals surface area contributed by atoms with Gasteiger partial charge in [-0.15, -0.1) is 0 Å². The van der Waals surface area contributed by atoms with Crippen molar-refractivity contribution in [3.8, 4) is 0 Å². The van der Waals surface area contributed by atoms with E-state index in [1.807, 2.05) is 18.7 Å².